The lowest BCUT2D eigenvalue weighted by molar-refractivity contribution is 0.0601. The molecule has 0 spiro atoms. The van der Waals surface area contributed by atoms with Crippen LogP contribution in [0.25, 0.3) is 0 Å². The Morgan fingerprint density at radius 2 is 2.27 bits per heavy atom. The van der Waals surface area contributed by atoms with Crippen molar-refractivity contribution in [1.29, 1.82) is 5.41 Å². The maximum Gasteiger partial charge on any atom is 0.337 e. The molecule has 3 N–H and O–H groups in total. The van der Waals surface area contributed by atoms with Crippen LogP contribution in [0.15, 0.2) is 18.2 Å². The monoisotopic (exact) mass is 202 g/mol. The van der Waals surface area contributed by atoms with Crippen molar-refractivity contribution in [3.63, 3.8) is 0 Å². The molecule has 1 aromatic carbocycles. The summed E-state index contributed by atoms with van der Waals surface area (Å²) in [7, 11) is 1.29. The first-order valence-corrected chi connectivity index (χ1v) is 4.13. The van der Waals surface area contributed by atoms with E-state index in [1.165, 1.54) is 25.3 Å². The summed E-state index contributed by atoms with van der Waals surface area (Å²) in [5.74, 6) is 1.70. The standard InChI is InChI=1S/C11H10N2O2/c1-3-9(12)8-5-4-7(6-10(8)13)11(14)15-2/h1,4-6,12H,13H2,2H3. The summed E-state index contributed by atoms with van der Waals surface area (Å²) in [5, 5.41) is 7.41. The average molecular weight is 202 g/mol. The van der Waals surface area contributed by atoms with Gasteiger partial charge in [0.15, 0.2) is 0 Å². The van der Waals surface area contributed by atoms with E-state index in [1.807, 2.05) is 0 Å². The Bertz CT molecular complexity index is 458. The first-order chi connectivity index (χ1) is 7.10. The summed E-state index contributed by atoms with van der Waals surface area (Å²) >= 11 is 0. The van der Waals surface area contributed by atoms with Crippen molar-refractivity contribution in [2.75, 3.05) is 12.8 Å². The highest BCUT2D eigenvalue weighted by molar-refractivity contribution is 6.14. The van der Waals surface area contributed by atoms with Crippen LogP contribution in [0.1, 0.15) is 15.9 Å². The average Bonchev–Trinajstić information content (AvgIpc) is 2.26. The van der Waals surface area contributed by atoms with E-state index in [4.69, 9.17) is 17.6 Å². The molecule has 0 aromatic heterocycles. The molecule has 0 saturated carbocycles. The second-order valence-electron chi connectivity index (χ2n) is 2.81. The summed E-state index contributed by atoms with van der Waals surface area (Å²) in [6.45, 7) is 0. The Labute approximate surface area is 87.6 Å². The van der Waals surface area contributed by atoms with E-state index in [2.05, 4.69) is 10.7 Å². The van der Waals surface area contributed by atoms with Gasteiger partial charge in [-0.15, -0.1) is 6.42 Å². The number of methoxy groups -OCH3 is 1. The van der Waals surface area contributed by atoms with Crippen LogP contribution in [-0.4, -0.2) is 18.8 Å². The highest BCUT2D eigenvalue weighted by Crippen LogP contribution is 2.15. The van der Waals surface area contributed by atoms with E-state index in [-0.39, 0.29) is 5.71 Å². The van der Waals surface area contributed by atoms with Gasteiger partial charge in [-0.1, -0.05) is 5.92 Å². The number of nitrogens with one attached hydrogen (secondary N) is 1. The van der Waals surface area contributed by atoms with Crippen LogP contribution in [-0.2, 0) is 4.74 Å². The minimum Gasteiger partial charge on any atom is -0.465 e. The molecule has 4 heteroatoms. The number of anilines is 1. The minimum atomic E-state index is -0.472. The number of carbonyl (C=O) groups is 1. The van der Waals surface area contributed by atoms with Gasteiger partial charge in [-0.2, -0.15) is 0 Å². The number of nitrogen functional groups attached to an aromatic ring is 1. The van der Waals surface area contributed by atoms with Crippen molar-refractivity contribution in [1.82, 2.24) is 0 Å². The molecule has 0 aliphatic rings. The van der Waals surface area contributed by atoms with Gasteiger partial charge >= 0.3 is 5.97 Å². The van der Waals surface area contributed by atoms with Crippen molar-refractivity contribution in [2.45, 2.75) is 0 Å². The van der Waals surface area contributed by atoms with Crippen LogP contribution >= 0.6 is 0 Å². The molecule has 0 atom stereocenters. The molecule has 0 fully saturated rings. The molecular weight excluding hydrogens is 192 g/mol. The molecule has 76 valence electrons. The van der Waals surface area contributed by atoms with Crippen LogP contribution in [0, 0.1) is 17.8 Å². The lowest BCUT2D eigenvalue weighted by atomic mass is 10.1. The van der Waals surface area contributed by atoms with E-state index in [9.17, 15) is 4.79 Å². The highest BCUT2D eigenvalue weighted by atomic mass is 16.5. The first-order valence-electron chi connectivity index (χ1n) is 4.13. The van der Waals surface area contributed by atoms with Crippen molar-refractivity contribution in [3.8, 4) is 12.3 Å². The van der Waals surface area contributed by atoms with Gasteiger partial charge in [0.05, 0.1) is 12.7 Å². The number of benzene rings is 1. The molecule has 1 rings (SSSR count). The van der Waals surface area contributed by atoms with Crippen LogP contribution in [0.2, 0.25) is 0 Å². The van der Waals surface area contributed by atoms with Crippen molar-refractivity contribution < 1.29 is 9.53 Å². The largest absolute Gasteiger partial charge is 0.465 e. The fourth-order valence-electron chi connectivity index (χ4n) is 1.11. The summed E-state index contributed by atoms with van der Waals surface area (Å²) in [5.41, 5.74) is 6.70. The molecule has 0 aliphatic carbocycles. The maximum absolute atomic E-state index is 11.1. The fraction of sp³-hybridized carbons (Fsp3) is 0.0909. The topological polar surface area (TPSA) is 76.2 Å². The van der Waals surface area contributed by atoms with Gasteiger partial charge in [-0.3, -0.25) is 5.41 Å². The van der Waals surface area contributed by atoms with E-state index in [0.717, 1.165) is 0 Å². The van der Waals surface area contributed by atoms with Crippen LogP contribution in [0.5, 0.6) is 0 Å². The number of hydrogen-bond donors (Lipinski definition) is 2. The minimum absolute atomic E-state index is 0.0103. The number of ether oxygens (including phenoxy) is 1. The zero-order valence-corrected chi connectivity index (χ0v) is 8.20. The summed E-state index contributed by atoms with van der Waals surface area (Å²) in [4.78, 5) is 11.1. The van der Waals surface area contributed by atoms with Gasteiger partial charge in [0.2, 0.25) is 0 Å². The smallest absolute Gasteiger partial charge is 0.337 e. The van der Waals surface area contributed by atoms with Gasteiger partial charge in [0.1, 0.15) is 5.71 Å². The second kappa shape index (κ2) is 4.29. The normalized spacial score (nSPS) is 9.07. The van der Waals surface area contributed by atoms with Gasteiger partial charge in [-0.05, 0) is 18.2 Å². The zero-order chi connectivity index (χ0) is 11.4. The van der Waals surface area contributed by atoms with E-state index < -0.39 is 5.97 Å². The number of rotatable bonds is 2. The van der Waals surface area contributed by atoms with Gasteiger partial charge in [0, 0.05) is 11.3 Å². The molecular formula is C11H10N2O2. The summed E-state index contributed by atoms with van der Waals surface area (Å²) in [6.07, 6.45) is 5.08. The third-order valence-corrected chi connectivity index (χ3v) is 1.89. The Hall–Kier alpha value is -2.28. The quantitative estimate of drug-likeness (QED) is 0.326. The summed E-state index contributed by atoms with van der Waals surface area (Å²) < 4.78 is 4.53. The van der Waals surface area contributed by atoms with E-state index >= 15 is 0 Å². The molecule has 0 amide bonds. The van der Waals surface area contributed by atoms with Crippen LogP contribution in [0.4, 0.5) is 5.69 Å². The molecule has 0 heterocycles. The Morgan fingerprint density at radius 3 is 2.73 bits per heavy atom. The number of nitrogens with two attached hydrogens (primary N) is 1. The van der Waals surface area contributed by atoms with Crippen molar-refractivity contribution >= 4 is 17.4 Å². The molecule has 15 heavy (non-hydrogen) atoms. The molecule has 0 aliphatic heterocycles. The second-order valence-corrected chi connectivity index (χ2v) is 2.81. The van der Waals surface area contributed by atoms with Crippen LogP contribution < -0.4 is 5.73 Å². The predicted octanol–water partition coefficient (Wildman–Crippen LogP) is 1.06. The van der Waals surface area contributed by atoms with Gasteiger partial charge in [-0.25, -0.2) is 4.79 Å². The SMILES string of the molecule is C#CC(=N)c1ccc(C(=O)OC)cc1N. The molecule has 0 bridgehead atoms. The third kappa shape index (κ3) is 2.15. The number of hydrogen-bond acceptors (Lipinski definition) is 4. The lowest BCUT2D eigenvalue weighted by Gasteiger charge is -2.05. The molecule has 4 nitrogen and oxygen atoms in total. The fourth-order valence-corrected chi connectivity index (χ4v) is 1.11. The Morgan fingerprint density at radius 1 is 1.60 bits per heavy atom. The van der Waals surface area contributed by atoms with Crippen molar-refractivity contribution in [2.24, 2.45) is 0 Å². The van der Waals surface area contributed by atoms with Crippen molar-refractivity contribution in [3.05, 3.63) is 29.3 Å². The molecule has 0 saturated heterocycles. The zero-order valence-electron chi connectivity index (χ0n) is 8.20. The predicted molar refractivity (Wildman–Crippen MR) is 57.9 cm³/mol. The number of terminal acetylenes is 1. The highest BCUT2D eigenvalue weighted by Gasteiger charge is 2.09. The van der Waals surface area contributed by atoms with E-state index in [1.54, 1.807) is 0 Å². The Kier molecular flexibility index (Phi) is 3.09. The molecule has 1 aromatic rings. The van der Waals surface area contributed by atoms with Gasteiger partial charge in [0.25, 0.3) is 0 Å². The third-order valence-electron chi connectivity index (χ3n) is 1.89. The lowest BCUT2D eigenvalue weighted by Crippen LogP contribution is -2.06. The van der Waals surface area contributed by atoms with Crippen LogP contribution in [0.3, 0.4) is 0 Å². The first kappa shape index (κ1) is 10.8. The maximum atomic E-state index is 11.1. The van der Waals surface area contributed by atoms with Gasteiger partial charge < -0.3 is 10.5 Å². The molecule has 0 radical (unpaired) electrons. The number of carbonyl (C=O) groups excluding carboxylic acids is 1. The number of esters is 1. The summed E-state index contributed by atoms with van der Waals surface area (Å²) in [6, 6.07) is 4.49. The molecule has 0 unspecified atom stereocenters. The Balaban J connectivity index is 3.15. The van der Waals surface area contributed by atoms with E-state index in [0.29, 0.717) is 16.8 Å².